The zero-order valence-corrected chi connectivity index (χ0v) is 9.66. The van der Waals surface area contributed by atoms with E-state index in [0.717, 1.165) is 18.8 Å². The molecule has 1 heterocycles. The number of hydrogen-bond acceptors (Lipinski definition) is 2. The molecule has 0 radical (unpaired) electrons. The van der Waals surface area contributed by atoms with Crippen LogP contribution in [0.2, 0.25) is 0 Å². The summed E-state index contributed by atoms with van der Waals surface area (Å²) >= 11 is 0. The molecule has 0 saturated carbocycles. The van der Waals surface area contributed by atoms with Crippen molar-refractivity contribution in [2.24, 2.45) is 5.92 Å². The number of rotatable bonds is 5. The third-order valence-corrected chi connectivity index (χ3v) is 2.28. The maximum Gasteiger partial charge on any atom is 0.239 e. The van der Waals surface area contributed by atoms with Crippen LogP contribution in [0.1, 0.15) is 26.1 Å². The highest BCUT2D eigenvalue weighted by Gasteiger charge is 2.04. The van der Waals surface area contributed by atoms with Gasteiger partial charge in [-0.3, -0.25) is 4.79 Å². The molecule has 0 aliphatic rings. The maximum absolute atomic E-state index is 11.5. The third kappa shape index (κ3) is 4.14. The number of carbonyl (C=O) groups is 1. The van der Waals surface area contributed by atoms with Crippen molar-refractivity contribution in [2.45, 2.75) is 33.7 Å². The maximum atomic E-state index is 11.5. The number of aromatic nitrogens is 2. The van der Waals surface area contributed by atoms with E-state index in [9.17, 15) is 4.79 Å². The van der Waals surface area contributed by atoms with Crippen molar-refractivity contribution in [2.75, 3.05) is 6.54 Å². The average molecular weight is 209 g/mol. The zero-order chi connectivity index (χ0) is 11.3. The summed E-state index contributed by atoms with van der Waals surface area (Å²) in [4.78, 5) is 15.5. The predicted molar refractivity (Wildman–Crippen MR) is 59.4 cm³/mol. The average Bonchev–Trinajstić information content (AvgIpc) is 2.51. The molecule has 1 N–H and O–H groups in total. The van der Waals surface area contributed by atoms with Gasteiger partial charge in [0.15, 0.2) is 0 Å². The second-order valence-electron chi connectivity index (χ2n) is 4.13. The van der Waals surface area contributed by atoms with Crippen LogP contribution >= 0.6 is 0 Å². The van der Waals surface area contributed by atoms with E-state index in [-0.39, 0.29) is 5.91 Å². The number of carbonyl (C=O) groups excluding carboxylic acids is 1. The highest BCUT2D eigenvalue weighted by Crippen LogP contribution is 1.97. The van der Waals surface area contributed by atoms with Crippen molar-refractivity contribution in [3.63, 3.8) is 0 Å². The van der Waals surface area contributed by atoms with E-state index in [1.54, 1.807) is 6.20 Å². The topological polar surface area (TPSA) is 46.9 Å². The number of hydrogen-bond donors (Lipinski definition) is 1. The summed E-state index contributed by atoms with van der Waals surface area (Å²) in [6.07, 6.45) is 4.54. The van der Waals surface area contributed by atoms with E-state index in [2.05, 4.69) is 24.1 Å². The van der Waals surface area contributed by atoms with Gasteiger partial charge in [-0.1, -0.05) is 13.8 Å². The molecule has 0 fully saturated rings. The monoisotopic (exact) mass is 209 g/mol. The number of nitrogens with one attached hydrogen (secondary N) is 1. The Morgan fingerprint density at radius 2 is 2.33 bits per heavy atom. The highest BCUT2D eigenvalue weighted by atomic mass is 16.1. The zero-order valence-electron chi connectivity index (χ0n) is 9.66. The highest BCUT2D eigenvalue weighted by molar-refractivity contribution is 5.75. The Labute approximate surface area is 90.7 Å². The Balaban J connectivity index is 2.28. The van der Waals surface area contributed by atoms with Crippen molar-refractivity contribution in [3.05, 3.63) is 18.2 Å². The van der Waals surface area contributed by atoms with Crippen molar-refractivity contribution in [1.82, 2.24) is 14.9 Å². The summed E-state index contributed by atoms with van der Waals surface area (Å²) in [6.45, 7) is 7.30. The lowest BCUT2D eigenvalue weighted by Crippen LogP contribution is -2.29. The van der Waals surface area contributed by atoms with Crippen LogP contribution in [0.5, 0.6) is 0 Å². The molecule has 1 rings (SSSR count). The van der Waals surface area contributed by atoms with Gasteiger partial charge in [-0.05, 0) is 19.3 Å². The SMILES string of the molecule is Cc1nccn1CC(=O)NCCC(C)C. The van der Waals surface area contributed by atoms with Gasteiger partial charge in [0.1, 0.15) is 12.4 Å². The first-order valence-corrected chi connectivity index (χ1v) is 5.34. The summed E-state index contributed by atoms with van der Waals surface area (Å²) in [5.74, 6) is 1.55. The van der Waals surface area contributed by atoms with Gasteiger partial charge in [0, 0.05) is 18.9 Å². The molecule has 4 heteroatoms. The molecule has 4 nitrogen and oxygen atoms in total. The third-order valence-electron chi connectivity index (χ3n) is 2.28. The molecule has 1 aromatic rings. The Morgan fingerprint density at radius 1 is 1.60 bits per heavy atom. The van der Waals surface area contributed by atoms with Crippen LogP contribution in [0, 0.1) is 12.8 Å². The largest absolute Gasteiger partial charge is 0.355 e. The quantitative estimate of drug-likeness (QED) is 0.795. The Kier molecular flexibility index (Phi) is 4.34. The molecular formula is C11H19N3O. The van der Waals surface area contributed by atoms with E-state index in [4.69, 9.17) is 0 Å². The fourth-order valence-electron chi connectivity index (χ4n) is 1.28. The van der Waals surface area contributed by atoms with Crippen LogP contribution < -0.4 is 5.32 Å². The minimum atomic E-state index is 0.0525. The lowest BCUT2D eigenvalue weighted by atomic mass is 10.1. The molecule has 15 heavy (non-hydrogen) atoms. The van der Waals surface area contributed by atoms with E-state index >= 15 is 0 Å². The fraction of sp³-hybridized carbons (Fsp3) is 0.636. The molecule has 84 valence electrons. The second kappa shape index (κ2) is 5.53. The van der Waals surface area contributed by atoms with Crippen molar-refractivity contribution in [3.8, 4) is 0 Å². The standard InChI is InChI=1S/C11H19N3O/c1-9(2)4-5-13-11(15)8-14-7-6-12-10(14)3/h6-7,9H,4-5,8H2,1-3H3,(H,13,15). The van der Waals surface area contributed by atoms with Crippen molar-refractivity contribution < 1.29 is 4.79 Å². The first-order chi connectivity index (χ1) is 7.09. The van der Waals surface area contributed by atoms with E-state index in [1.165, 1.54) is 0 Å². The summed E-state index contributed by atoms with van der Waals surface area (Å²) in [5, 5.41) is 2.89. The first kappa shape index (κ1) is 11.8. The molecule has 0 saturated heterocycles. The van der Waals surface area contributed by atoms with Crippen molar-refractivity contribution in [1.29, 1.82) is 0 Å². The molecule has 0 bridgehead atoms. The smallest absolute Gasteiger partial charge is 0.239 e. The molecule has 0 spiro atoms. The van der Waals surface area contributed by atoms with Crippen LogP contribution in [0.15, 0.2) is 12.4 Å². The van der Waals surface area contributed by atoms with Gasteiger partial charge in [-0.15, -0.1) is 0 Å². The van der Waals surface area contributed by atoms with Gasteiger partial charge in [-0.25, -0.2) is 4.98 Å². The minimum Gasteiger partial charge on any atom is -0.355 e. The van der Waals surface area contributed by atoms with Gasteiger partial charge < -0.3 is 9.88 Å². The summed E-state index contributed by atoms with van der Waals surface area (Å²) in [5.41, 5.74) is 0. The molecule has 0 unspecified atom stereocenters. The Bertz CT molecular complexity index is 317. The number of aryl methyl sites for hydroxylation is 1. The van der Waals surface area contributed by atoms with Crippen LogP contribution in [-0.2, 0) is 11.3 Å². The number of amides is 1. The Hall–Kier alpha value is -1.32. The van der Waals surface area contributed by atoms with Gasteiger partial charge in [0.25, 0.3) is 0 Å². The minimum absolute atomic E-state index is 0.0525. The lowest BCUT2D eigenvalue weighted by molar-refractivity contribution is -0.121. The molecular weight excluding hydrogens is 190 g/mol. The van der Waals surface area contributed by atoms with Gasteiger partial charge in [-0.2, -0.15) is 0 Å². The van der Waals surface area contributed by atoms with E-state index in [0.29, 0.717) is 12.5 Å². The predicted octanol–water partition coefficient (Wildman–Crippen LogP) is 1.35. The fourth-order valence-corrected chi connectivity index (χ4v) is 1.28. The Morgan fingerprint density at radius 3 is 2.87 bits per heavy atom. The first-order valence-electron chi connectivity index (χ1n) is 5.34. The molecule has 1 aromatic heterocycles. The number of imidazole rings is 1. The lowest BCUT2D eigenvalue weighted by Gasteiger charge is -2.08. The van der Waals surface area contributed by atoms with Crippen LogP contribution in [0.4, 0.5) is 0 Å². The second-order valence-corrected chi connectivity index (χ2v) is 4.13. The van der Waals surface area contributed by atoms with Gasteiger partial charge in [0.05, 0.1) is 0 Å². The van der Waals surface area contributed by atoms with Gasteiger partial charge >= 0.3 is 0 Å². The van der Waals surface area contributed by atoms with E-state index in [1.807, 2.05) is 17.7 Å². The summed E-state index contributed by atoms with van der Waals surface area (Å²) in [7, 11) is 0. The summed E-state index contributed by atoms with van der Waals surface area (Å²) < 4.78 is 1.84. The van der Waals surface area contributed by atoms with Crippen LogP contribution in [0.25, 0.3) is 0 Å². The summed E-state index contributed by atoms with van der Waals surface area (Å²) in [6, 6.07) is 0. The van der Waals surface area contributed by atoms with Crippen LogP contribution in [-0.4, -0.2) is 22.0 Å². The molecule has 0 aliphatic heterocycles. The van der Waals surface area contributed by atoms with Gasteiger partial charge in [0.2, 0.25) is 5.91 Å². The number of nitrogens with zero attached hydrogens (tertiary/aromatic N) is 2. The molecule has 0 atom stereocenters. The molecule has 0 aliphatic carbocycles. The van der Waals surface area contributed by atoms with Crippen molar-refractivity contribution >= 4 is 5.91 Å². The van der Waals surface area contributed by atoms with Crippen LogP contribution in [0.3, 0.4) is 0 Å². The molecule has 0 aromatic carbocycles. The molecule has 1 amide bonds. The normalized spacial score (nSPS) is 10.7. The van der Waals surface area contributed by atoms with E-state index < -0.39 is 0 Å².